The molecule has 3 rings (SSSR count). The third-order valence-corrected chi connectivity index (χ3v) is 5.89. The minimum atomic E-state index is -1.09. The third-order valence-electron chi connectivity index (χ3n) is 4.90. The Morgan fingerprint density at radius 3 is 2.34 bits per heavy atom. The summed E-state index contributed by atoms with van der Waals surface area (Å²) < 4.78 is 23.5. The average molecular weight is 498 g/mol. The quantitative estimate of drug-likeness (QED) is 0.215. The van der Waals surface area contributed by atoms with Gasteiger partial charge in [-0.2, -0.15) is 0 Å². The molecule has 0 radical (unpaired) electrons. The van der Waals surface area contributed by atoms with Crippen LogP contribution in [0.15, 0.2) is 59.1 Å². The van der Waals surface area contributed by atoms with Crippen molar-refractivity contribution in [1.29, 1.82) is 0 Å². The van der Waals surface area contributed by atoms with Crippen molar-refractivity contribution in [1.82, 2.24) is 14.8 Å². The first-order valence-electron chi connectivity index (χ1n) is 10.6. The minimum absolute atomic E-state index is 0.0729. The molecule has 1 heterocycles. The number of methoxy groups -OCH3 is 3. The molecule has 0 fully saturated rings. The average Bonchev–Trinajstić information content (AvgIpc) is 3.29. The Morgan fingerprint density at radius 1 is 1.06 bits per heavy atom. The second kappa shape index (κ2) is 12.0. The summed E-state index contributed by atoms with van der Waals surface area (Å²) in [7, 11) is 4.66. The predicted octanol–water partition coefficient (Wildman–Crippen LogP) is 4.77. The number of hydrogen-bond acceptors (Lipinski definition) is 8. The molecule has 0 saturated heterocycles. The molecule has 0 atom stereocenters. The van der Waals surface area contributed by atoms with Crippen LogP contribution in [0, 0.1) is 0 Å². The van der Waals surface area contributed by atoms with E-state index in [0.717, 1.165) is 17.3 Å². The number of carboxylic acids is 1. The second-order valence-electron chi connectivity index (χ2n) is 7.08. The van der Waals surface area contributed by atoms with Crippen molar-refractivity contribution >= 4 is 23.8 Å². The largest absolute Gasteiger partial charge is 0.497 e. The van der Waals surface area contributed by atoms with Crippen molar-refractivity contribution in [3.63, 3.8) is 0 Å². The van der Waals surface area contributed by atoms with Crippen LogP contribution in [-0.4, -0.2) is 53.8 Å². The van der Waals surface area contributed by atoms with Gasteiger partial charge in [-0.05, 0) is 54.6 Å². The van der Waals surface area contributed by atoms with Crippen LogP contribution < -0.4 is 18.9 Å². The van der Waals surface area contributed by atoms with Gasteiger partial charge in [0.25, 0.3) is 0 Å². The van der Waals surface area contributed by atoms with Crippen molar-refractivity contribution in [2.45, 2.75) is 18.6 Å². The number of thioether (sulfide) groups is 1. The van der Waals surface area contributed by atoms with E-state index in [1.165, 1.54) is 7.11 Å². The fraction of sp³-hybridized carbons (Fsp3) is 0.240. The Morgan fingerprint density at radius 2 is 1.77 bits per heavy atom. The number of aliphatic carboxylic acids is 1. The molecule has 1 N–H and O–H groups in total. The van der Waals surface area contributed by atoms with Crippen molar-refractivity contribution in [3.8, 4) is 34.4 Å². The zero-order chi connectivity index (χ0) is 25.4. The minimum Gasteiger partial charge on any atom is -0.497 e. The van der Waals surface area contributed by atoms with Crippen LogP contribution in [0.2, 0.25) is 0 Å². The second-order valence-corrected chi connectivity index (χ2v) is 8.09. The van der Waals surface area contributed by atoms with Gasteiger partial charge in [0.05, 0.1) is 21.3 Å². The van der Waals surface area contributed by atoms with Gasteiger partial charge in [0.1, 0.15) is 23.0 Å². The summed E-state index contributed by atoms with van der Waals surface area (Å²) in [5, 5.41) is 18.9. The Hall–Kier alpha value is -3.92. The molecule has 3 aromatic rings. The molecule has 9 nitrogen and oxygen atoms in total. The van der Waals surface area contributed by atoms with Gasteiger partial charge in [-0.1, -0.05) is 18.7 Å². The van der Waals surface area contributed by atoms with Crippen molar-refractivity contribution in [3.05, 3.63) is 59.5 Å². The number of hydrogen-bond donors (Lipinski definition) is 1. The van der Waals surface area contributed by atoms with Crippen molar-refractivity contribution in [2.75, 3.05) is 27.9 Å². The van der Waals surface area contributed by atoms with E-state index in [1.54, 1.807) is 50.6 Å². The molecule has 0 aliphatic rings. The molecule has 2 aromatic carbocycles. The van der Waals surface area contributed by atoms with E-state index in [0.29, 0.717) is 52.7 Å². The monoisotopic (exact) mass is 497 g/mol. The Bertz CT molecular complexity index is 1220. The van der Waals surface area contributed by atoms with E-state index in [4.69, 9.17) is 18.9 Å². The molecule has 10 heteroatoms. The number of carboxylic acid groups (broad SMARTS) is 1. The van der Waals surface area contributed by atoms with Crippen LogP contribution in [0.25, 0.3) is 17.5 Å². The van der Waals surface area contributed by atoms with E-state index in [2.05, 4.69) is 16.8 Å². The number of ether oxygens (including phenoxy) is 4. The summed E-state index contributed by atoms with van der Waals surface area (Å²) in [5.74, 6) is 1.73. The van der Waals surface area contributed by atoms with E-state index in [-0.39, 0.29) is 4.91 Å². The molecule has 0 aliphatic carbocycles. The van der Waals surface area contributed by atoms with Crippen LogP contribution in [0.4, 0.5) is 0 Å². The maximum atomic E-state index is 12.1. The highest BCUT2D eigenvalue weighted by atomic mass is 32.2. The number of aromatic nitrogens is 3. The number of benzene rings is 2. The van der Waals surface area contributed by atoms with Crippen LogP contribution in [-0.2, 0) is 11.3 Å². The summed E-state index contributed by atoms with van der Waals surface area (Å²) in [4.78, 5) is 12.1. The molecule has 0 unspecified atom stereocenters. The first kappa shape index (κ1) is 25.7. The van der Waals surface area contributed by atoms with Gasteiger partial charge in [-0.25, -0.2) is 4.79 Å². The summed E-state index contributed by atoms with van der Waals surface area (Å²) in [6, 6.07) is 10.6. The highest BCUT2D eigenvalue weighted by molar-refractivity contribution is 8.04. The van der Waals surface area contributed by atoms with Gasteiger partial charge in [0.2, 0.25) is 0 Å². The van der Waals surface area contributed by atoms with Crippen LogP contribution >= 0.6 is 11.8 Å². The molecule has 0 saturated carbocycles. The fourth-order valence-corrected chi connectivity index (χ4v) is 4.11. The molecule has 0 spiro atoms. The highest BCUT2D eigenvalue weighted by Gasteiger charge is 2.19. The van der Waals surface area contributed by atoms with Gasteiger partial charge < -0.3 is 28.6 Å². The molecule has 35 heavy (non-hydrogen) atoms. The van der Waals surface area contributed by atoms with E-state index in [1.807, 2.05) is 23.6 Å². The van der Waals surface area contributed by atoms with Gasteiger partial charge in [0, 0.05) is 18.2 Å². The molecule has 184 valence electrons. The lowest BCUT2D eigenvalue weighted by atomic mass is 10.2. The topological polar surface area (TPSA) is 105 Å². The number of rotatable bonds is 12. The smallest absolute Gasteiger partial charge is 0.342 e. The molecular weight excluding hydrogens is 470 g/mol. The molecule has 0 aliphatic heterocycles. The Kier molecular flexibility index (Phi) is 8.80. The summed E-state index contributed by atoms with van der Waals surface area (Å²) >= 11 is 1.01. The van der Waals surface area contributed by atoms with Gasteiger partial charge >= 0.3 is 5.97 Å². The Balaban J connectivity index is 1.96. The van der Waals surface area contributed by atoms with Crippen LogP contribution in [0.5, 0.6) is 23.0 Å². The first-order chi connectivity index (χ1) is 16.9. The lowest BCUT2D eigenvalue weighted by molar-refractivity contribution is -0.131. The van der Waals surface area contributed by atoms with Gasteiger partial charge in [-0.3, -0.25) is 0 Å². The normalized spacial score (nSPS) is 11.1. The van der Waals surface area contributed by atoms with Crippen LogP contribution in [0.1, 0.15) is 12.5 Å². The zero-order valence-corrected chi connectivity index (χ0v) is 20.8. The number of carbonyl (C=O) groups is 1. The number of nitrogens with zero attached hydrogens (tertiary/aromatic N) is 3. The summed E-state index contributed by atoms with van der Waals surface area (Å²) in [6.45, 7) is 6.42. The Labute approximate surface area is 208 Å². The lowest BCUT2D eigenvalue weighted by Gasteiger charge is -2.11. The summed E-state index contributed by atoms with van der Waals surface area (Å²) in [5.41, 5.74) is 1.38. The van der Waals surface area contributed by atoms with E-state index >= 15 is 0 Å². The molecule has 0 bridgehead atoms. The van der Waals surface area contributed by atoms with Crippen molar-refractivity contribution in [2.24, 2.45) is 0 Å². The molecule has 1 aromatic heterocycles. The van der Waals surface area contributed by atoms with E-state index < -0.39 is 5.97 Å². The predicted molar refractivity (Wildman–Crippen MR) is 134 cm³/mol. The van der Waals surface area contributed by atoms with E-state index in [9.17, 15) is 9.90 Å². The maximum Gasteiger partial charge on any atom is 0.342 e. The SMILES string of the molecule is C=CCOc1ccc(/C=C(\Sc2nnc(-c3cc(OC)cc(OC)c3)n2CC)C(=O)O)cc1OC. The standard InChI is InChI=1S/C25H27N3O6S/c1-6-10-34-20-9-8-16(11-21(20)33-5)12-22(24(29)30)35-25-27-26-23(28(25)7-2)17-13-18(31-3)15-19(14-17)32-4/h6,8-9,11-15H,1,7,10H2,2-5H3,(H,29,30)/b22-12-. The molecule has 0 amide bonds. The highest BCUT2D eigenvalue weighted by Crippen LogP contribution is 2.34. The van der Waals surface area contributed by atoms with Crippen molar-refractivity contribution < 1.29 is 28.8 Å². The maximum absolute atomic E-state index is 12.1. The fourth-order valence-electron chi connectivity index (χ4n) is 3.23. The first-order valence-corrected chi connectivity index (χ1v) is 11.5. The lowest BCUT2D eigenvalue weighted by Crippen LogP contribution is -2.03. The zero-order valence-electron chi connectivity index (χ0n) is 20.0. The third kappa shape index (κ3) is 6.15. The van der Waals surface area contributed by atoms with Gasteiger partial charge in [0.15, 0.2) is 22.5 Å². The molecular formula is C25H27N3O6S. The van der Waals surface area contributed by atoms with Gasteiger partial charge in [-0.15, -0.1) is 10.2 Å². The van der Waals surface area contributed by atoms with Crippen LogP contribution in [0.3, 0.4) is 0 Å². The summed E-state index contributed by atoms with van der Waals surface area (Å²) in [6.07, 6.45) is 3.18.